The number of aromatic nitrogens is 2. The molecular formula is C34H41N7O4. The maximum Gasteiger partial charge on any atom is 0.253 e. The van der Waals surface area contributed by atoms with E-state index in [9.17, 15) is 19.6 Å². The van der Waals surface area contributed by atoms with Gasteiger partial charge in [-0.2, -0.15) is 5.26 Å². The smallest absolute Gasteiger partial charge is 0.253 e. The number of aryl methyl sites for hydroxylation is 3. The van der Waals surface area contributed by atoms with Crippen molar-refractivity contribution in [2.24, 2.45) is 0 Å². The lowest BCUT2D eigenvalue weighted by atomic mass is 9.69. The van der Waals surface area contributed by atoms with Gasteiger partial charge in [-0.15, -0.1) is 10.2 Å². The van der Waals surface area contributed by atoms with Crippen LogP contribution in [0.5, 0.6) is 0 Å². The van der Waals surface area contributed by atoms with Gasteiger partial charge in [-0.1, -0.05) is 12.1 Å². The molecule has 1 aromatic heterocycles. The molecule has 2 aromatic carbocycles. The Morgan fingerprint density at radius 2 is 1.53 bits per heavy atom. The van der Waals surface area contributed by atoms with Crippen LogP contribution in [0.15, 0.2) is 40.8 Å². The highest BCUT2D eigenvalue weighted by Gasteiger charge is 2.45. The van der Waals surface area contributed by atoms with Crippen molar-refractivity contribution in [2.45, 2.75) is 63.5 Å². The summed E-state index contributed by atoms with van der Waals surface area (Å²) >= 11 is 0. The highest BCUT2D eigenvalue weighted by molar-refractivity contribution is 5.95. The van der Waals surface area contributed by atoms with Gasteiger partial charge in [-0.05, 0) is 92.1 Å². The van der Waals surface area contributed by atoms with Gasteiger partial charge in [-0.3, -0.25) is 14.4 Å². The fourth-order valence-corrected chi connectivity index (χ4v) is 6.42. The number of hydrogen-bond acceptors (Lipinski definition) is 8. The number of amides is 3. The summed E-state index contributed by atoms with van der Waals surface area (Å²) in [6.07, 6.45) is 3.57. The predicted octanol–water partition coefficient (Wildman–Crippen LogP) is 3.10. The van der Waals surface area contributed by atoms with Gasteiger partial charge in [0.2, 0.25) is 17.7 Å². The topological polar surface area (TPSA) is 136 Å². The van der Waals surface area contributed by atoms with Gasteiger partial charge in [0.15, 0.2) is 0 Å². The Kier molecular flexibility index (Phi) is 9.07. The minimum absolute atomic E-state index is 0.0910. The molecule has 236 valence electrons. The van der Waals surface area contributed by atoms with Gasteiger partial charge < -0.3 is 24.4 Å². The van der Waals surface area contributed by atoms with Gasteiger partial charge in [0.25, 0.3) is 11.8 Å². The number of carbonyl (C=O) groups is 3. The summed E-state index contributed by atoms with van der Waals surface area (Å²) in [5.41, 5.74) is 4.09. The first kappa shape index (κ1) is 31.9. The third kappa shape index (κ3) is 6.20. The summed E-state index contributed by atoms with van der Waals surface area (Å²) < 4.78 is 6.22. The summed E-state index contributed by atoms with van der Waals surface area (Å²) in [4.78, 5) is 44.0. The summed E-state index contributed by atoms with van der Waals surface area (Å²) in [7, 11) is 6.92. The number of carbonyl (C=O) groups excluding carboxylic acids is 3. The normalized spacial score (nSPS) is 15.6. The highest BCUT2D eigenvalue weighted by Crippen LogP contribution is 2.47. The summed E-state index contributed by atoms with van der Waals surface area (Å²) in [6.45, 7) is 4.02. The number of nitriles is 1. The van der Waals surface area contributed by atoms with Crippen molar-refractivity contribution < 1.29 is 18.8 Å². The molecule has 1 unspecified atom stereocenters. The van der Waals surface area contributed by atoms with Gasteiger partial charge in [-0.25, -0.2) is 0 Å². The van der Waals surface area contributed by atoms with E-state index < -0.39 is 11.5 Å². The first-order valence-electron chi connectivity index (χ1n) is 15.4. The van der Waals surface area contributed by atoms with E-state index in [1.807, 2.05) is 36.4 Å². The number of benzene rings is 2. The number of fused-ring (bicyclic) bond motifs is 2. The second-order valence-corrected chi connectivity index (χ2v) is 12.4. The van der Waals surface area contributed by atoms with Crippen LogP contribution in [0.25, 0.3) is 0 Å². The Labute approximate surface area is 264 Å². The Hall–Kier alpha value is -4.56. The van der Waals surface area contributed by atoms with E-state index in [1.165, 1.54) is 0 Å². The first-order valence-corrected chi connectivity index (χ1v) is 15.4. The first-order chi connectivity index (χ1) is 21.5. The molecule has 0 saturated heterocycles. The maximum atomic E-state index is 13.2. The fraction of sp³-hybridized carbons (Fsp3) is 0.471. The molecule has 1 atom stereocenters. The van der Waals surface area contributed by atoms with Crippen molar-refractivity contribution in [3.05, 3.63) is 81.6 Å². The minimum atomic E-state index is -0.923. The number of nitrogens with zero attached hydrogens (tertiary/aromatic N) is 6. The molecule has 3 aromatic rings. The zero-order valence-electron chi connectivity index (χ0n) is 26.9. The molecule has 1 saturated carbocycles. The van der Waals surface area contributed by atoms with Crippen LogP contribution >= 0.6 is 0 Å². The highest BCUT2D eigenvalue weighted by atomic mass is 16.4. The Morgan fingerprint density at radius 1 is 0.978 bits per heavy atom. The Balaban J connectivity index is 1.59. The molecule has 11 nitrogen and oxygen atoms in total. The van der Waals surface area contributed by atoms with E-state index in [0.717, 1.165) is 35.1 Å². The molecule has 1 heterocycles. The molecule has 1 fully saturated rings. The second kappa shape index (κ2) is 12.8. The minimum Gasteiger partial charge on any atom is -0.424 e. The molecule has 0 aliphatic heterocycles. The predicted molar refractivity (Wildman–Crippen MR) is 168 cm³/mol. The molecule has 0 bridgehead atoms. The van der Waals surface area contributed by atoms with Crippen LogP contribution < -0.4 is 5.32 Å². The van der Waals surface area contributed by atoms with Gasteiger partial charge in [0.1, 0.15) is 11.5 Å². The molecule has 3 amide bonds. The lowest BCUT2D eigenvalue weighted by molar-refractivity contribution is -0.131. The lowest BCUT2D eigenvalue weighted by Gasteiger charge is -2.34. The molecule has 2 aliphatic rings. The van der Waals surface area contributed by atoms with Gasteiger partial charge in [0.05, 0.1) is 12.6 Å². The van der Waals surface area contributed by atoms with E-state index in [-0.39, 0.29) is 30.3 Å². The molecule has 11 heteroatoms. The lowest BCUT2D eigenvalue weighted by Crippen LogP contribution is -2.45. The zero-order valence-corrected chi connectivity index (χ0v) is 26.9. The van der Waals surface area contributed by atoms with Gasteiger partial charge in [0, 0.05) is 52.3 Å². The van der Waals surface area contributed by atoms with E-state index >= 15 is 0 Å². The van der Waals surface area contributed by atoms with E-state index in [0.29, 0.717) is 48.7 Å². The molecule has 5 rings (SSSR count). The maximum absolute atomic E-state index is 13.2. The van der Waals surface area contributed by atoms with Crippen molar-refractivity contribution >= 4 is 17.7 Å². The van der Waals surface area contributed by atoms with Crippen LogP contribution in [-0.4, -0.2) is 96.0 Å². The van der Waals surface area contributed by atoms with Crippen molar-refractivity contribution in [3.8, 4) is 6.07 Å². The second-order valence-electron chi connectivity index (χ2n) is 12.4. The van der Waals surface area contributed by atoms with Crippen LogP contribution in [0, 0.1) is 18.3 Å². The van der Waals surface area contributed by atoms with Crippen molar-refractivity contribution in [3.63, 3.8) is 0 Å². The number of rotatable bonds is 10. The average Bonchev–Trinajstić information content (AvgIpc) is 3.78. The molecule has 2 aliphatic carbocycles. The molecule has 0 radical (unpaired) electrons. The van der Waals surface area contributed by atoms with Crippen molar-refractivity contribution in [2.75, 3.05) is 41.3 Å². The zero-order chi connectivity index (χ0) is 32.5. The summed E-state index contributed by atoms with van der Waals surface area (Å²) in [5.74, 6) is 0.543. The van der Waals surface area contributed by atoms with E-state index in [1.54, 1.807) is 56.7 Å². The number of hydrogen-bond donors (Lipinski definition) is 1. The van der Waals surface area contributed by atoms with Crippen LogP contribution in [-0.2, 0) is 23.1 Å². The SMILES string of the molecule is Cc1nnc(C2(CCNCC(=O)N(C(C)C#N)C3CC3)c3ccc(C(=O)N(C)C)cc3CCc3cc(C(=O)N(C)C)ccc32)o1. The Bertz CT molecular complexity index is 1580. The molecule has 45 heavy (non-hydrogen) atoms. The van der Waals surface area contributed by atoms with E-state index in [2.05, 4.69) is 21.6 Å². The molecule has 0 spiro atoms. The quantitative estimate of drug-likeness (QED) is 0.346. The van der Waals surface area contributed by atoms with Crippen LogP contribution in [0.4, 0.5) is 0 Å². The third-order valence-corrected chi connectivity index (χ3v) is 8.78. The van der Waals surface area contributed by atoms with Crippen LogP contribution in [0.1, 0.15) is 80.9 Å². The van der Waals surface area contributed by atoms with Crippen LogP contribution in [0.2, 0.25) is 0 Å². The van der Waals surface area contributed by atoms with Gasteiger partial charge >= 0.3 is 0 Å². The fourth-order valence-electron chi connectivity index (χ4n) is 6.42. The number of nitrogens with one attached hydrogen (secondary N) is 1. The average molecular weight is 612 g/mol. The monoisotopic (exact) mass is 611 g/mol. The van der Waals surface area contributed by atoms with Crippen LogP contribution in [0.3, 0.4) is 0 Å². The Morgan fingerprint density at radius 3 is 1.98 bits per heavy atom. The van der Waals surface area contributed by atoms with Crippen molar-refractivity contribution in [1.82, 2.24) is 30.2 Å². The molecule has 1 N–H and O–H groups in total. The largest absolute Gasteiger partial charge is 0.424 e. The van der Waals surface area contributed by atoms with E-state index in [4.69, 9.17) is 4.42 Å². The standard InChI is InChI=1S/C34H41N7O4/c1-21(19-35)41(27-11-12-27)30(42)20-36-16-15-34(33-38-37-22(2)45-33)28-13-9-25(31(43)39(3)4)17-23(28)7-8-24-18-26(10-14-29(24)34)32(44)40(5)6/h9-10,13-14,17-18,21,27,36H,7-8,11-12,15-16,20H2,1-6H3. The third-order valence-electron chi connectivity index (χ3n) is 8.78. The van der Waals surface area contributed by atoms with Crippen molar-refractivity contribution in [1.29, 1.82) is 5.26 Å². The summed E-state index contributed by atoms with van der Waals surface area (Å²) in [5, 5.41) is 21.6. The summed E-state index contributed by atoms with van der Waals surface area (Å²) in [6, 6.07) is 13.4. The molecular weight excluding hydrogens is 570 g/mol.